The van der Waals surface area contributed by atoms with Crippen LogP contribution in [-0.4, -0.2) is 30.9 Å². The summed E-state index contributed by atoms with van der Waals surface area (Å²) < 4.78 is 1.77. The van der Waals surface area contributed by atoms with Gasteiger partial charge in [0.05, 0.1) is 37.8 Å². The highest BCUT2D eigenvalue weighted by molar-refractivity contribution is 8.00. The highest BCUT2D eigenvalue weighted by Crippen LogP contribution is 2.37. The van der Waals surface area contributed by atoms with Crippen molar-refractivity contribution in [2.75, 3.05) is 5.32 Å². The lowest BCUT2D eigenvalue weighted by atomic mass is 10.2. The monoisotopic (exact) mass is 443 g/mol. The van der Waals surface area contributed by atoms with Crippen LogP contribution in [0.15, 0.2) is 40.2 Å². The molecule has 6 nitrogen and oxygen atoms in total. The number of hydrogen-bond donors (Lipinski definition) is 2. The summed E-state index contributed by atoms with van der Waals surface area (Å²) in [5.74, 6) is -0.0686. The van der Waals surface area contributed by atoms with Crippen LogP contribution in [0.25, 0.3) is 21.1 Å². The van der Waals surface area contributed by atoms with Crippen molar-refractivity contribution in [3.63, 3.8) is 0 Å². The average molecular weight is 444 g/mol. The second kappa shape index (κ2) is 8.17. The molecule has 0 bridgehead atoms. The van der Waals surface area contributed by atoms with Crippen LogP contribution < -0.4 is 5.32 Å². The van der Waals surface area contributed by atoms with Crippen LogP contribution in [0.4, 0.5) is 5.69 Å². The number of carbonyl (C=O) groups is 1. The van der Waals surface area contributed by atoms with E-state index in [1.165, 1.54) is 11.8 Å². The van der Waals surface area contributed by atoms with Gasteiger partial charge in [0.2, 0.25) is 5.91 Å². The van der Waals surface area contributed by atoms with Gasteiger partial charge in [-0.25, -0.2) is 4.98 Å². The average Bonchev–Trinajstić information content (AvgIpc) is 3.47. The predicted octanol–water partition coefficient (Wildman–Crippen LogP) is 5.34. The molecule has 0 aromatic carbocycles. The highest BCUT2D eigenvalue weighted by atomic mass is 32.2. The summed E-state index contributed by atoms with van der Waals surface area (Å²) in [6, 6.07) is 8.19. The first-order valence-corrected chi connectivity index (χ1v) is 11.7. The Balaban J connectivity index is 1.56. The molecular formula is C20H21N5OS3. The van der Waals surface area contributed by atoms with Gasteiger partial charge in [-0.1, -0.05) is 23.9 Å². The fourth-order valence-corrected chi connectivity index (χ4v) is 5.25. The van der Waals surface area contributed by atoms with Crippen LogP contribution in [-0.2, 0) is 11.8 Å². The fourth-order valence-electron chi connectivity index (χ4n) is 3.00. The molecule has 1 atom stereocenters. The zero-order chi connectivity index (χ0) is 20.5. The molecule has 150 valence electrons. The van der Waals surface area contributed by atoms with Crippen molar-refractivity contribution < 1.29 is 4.79 Å². The molecule has 0 saturated heterocycles. The Hall–Kier alpha value is -2.36. The number of thioether (sulfide) groups is 1. The molecule has 2 N–H and O–H groups in total. The van der Waals surface area contributed by atoms with Gasteiger partial charge in [-0.3, -0.25) is 9.48 Å². The van der Waals surface area contributed by atoms with Gasteiger partial charge in [0.25, 0.3) is 0 Å². The third-order valence-electron chi connectivity index (χ3n) is 4.62. The number of aryl methyl sites for hydroxylation is 2. The lowest BCUT2D eigenvalue weighted by molar-refractivity contribution is -0.115. The molecule has 4 rings (SSSR count). The molecule has 0 aliphatic rings. The van der Waals surface area contributed by atoms with Gasteiger partial charge in [-0.2, -0.15) is 5.10 Å². The van der Waals surface area contributed by atoms with Crippen molar-refractivity contribution in [1.82, 2.24) is 19.7 Å². The second-order valence-corrected chi connectivity index (χ2v) is 9.86. The van der Waals surface area contributed by atoms with Crippen molar-refractivity contribution in [2.45, 2.75) is 31.2 Å². The Kier molecular flexibility index (Phi) is 5.62. The van der Waals surface area contributed by atoms with Gasteiger partial charge in [0.15, 0.2) is 5.16 Å². The summed E-state index contributed by atoms with van der Waals surface area (Å²) in [4.78, 5) is 23.2. The highest BCUT2D eigenvalue weighted by Gasteiger charge is 2.22. The number of nitrogens with one attached hydrogen (secondary N) is 2. The molecular weight excluding hydrogens is 422 g/mol. The summed E-state index contributed by atoms with van der Waals surface area (Å²) in [5.41, 5.74) is 4.45. The number of imidazole rings is 1. The fraction of sp³-hybridized carbons (Fsp3) is 0.250. The zero-order valence-electron chi connectivity index (χ0n) is 16.5. The molecule has 0 unspecified atom stereocenters. The second-order valence-electron chi connectivity index (χ2n) is 6.64. The molecule has 0 spiro atoms. The van der Waals surface area contributed by atoms with Gasteiger partial charge < -0.3 is 10.3 Å². The molecule has 1 amide bonds. The molecule has 4 aromatic rings. The van der Waals surface area contributed by atoms with Gasteiger partial charge in [-0.05, 0) is 43.7 Å². The van der Waals surface area contributed by atoms with Gasteiger partial charge >= 0.3 is 0 Å². The van der Waals surface area contributed by atoms with Crippen LogP contribution in [0.1, 0.15) is 18.3 Å². The van der Waals surface area contributed by atoms with Gasteiger partial charge in [0.1, 0.15) is 5.69 Å². The number of carbonyl (C=O) groups excluding carboxylic acids is 1. The summed E-state index contributed by atoms with van der Waals surface area (Å²) in [6.45, 7) is 5.73. The van der Waals surface area contributed by atoms with E-state index in [0.717, 1.165) is 43.4 Å². The molecule has 4 aromatic heterocycles. The van der Waals surface area contributed by atoms with Crippen molar-refractivity contribution in [3.8, 4) is 21.1 Å². The number of aromatic amines is 1. The van der Waals surface area contributed by atoms with E-state index in [1.54, 1.807) is 27.4 Å². The number of thiophene rings is 2. The molecule has 0 aliphatic heterocycles. The summed E-state index contributed by atoms with van der Waals surface area (Å²) in [6.07, 6.45) is 0. The minimum atomic E-state index is -0.312. The number of anilines is 1. The van der Waals surface area contributed by atoms with Crippen LogP contribution in [0.3, 0.4) is 0 Å². The minimum Gasteiger partial charge on any atom is -0.332 e. The molecule has 0 saturated carbocycles. The summed E-state index contributed by atoms with van der Waals surface area (Å²) in [7, 11) is 1.87. The number of H-pyrrole nitrogens is 1. The van der Waals surface area contributed by atoms with E-state index in [4.69, 9.17) is 4.98 Å². The Morgan fingerprint density at radius 1 is 1.21 bits per heavy atom. The van der Waals surface area contributed by atoms with E-state index < -0.39 is 0 Å². The summed E-state index contributed by atoms with van der Waals surface area (Å²) in [5, 5.41) is 11.9. The number of amides is 1. The topological polar surface area (TPSA) is 75.6 Å². The van der Waals surface area contributed by atoms with Crippen LogP contribution in [0, 0.1) is 13.8 Å². The number of rotatable bonds is 6. The zero-order valence-corrected chi connectivity index (χ0v) is 19.0. The number of aromatic nitrogens is 4. The van der Waals surface area contributed by atoms with Gasteiger partial charge in [-0.15, -0.1) is 22.7 Å². The van der Waals surface area contributed by atoms with Crippen molar-refractivity contribution in [3.05, 3.63) is 46.4 Å². The van der Waals surface area contributed by atoms with E-state index in [0.29, 0.717) is 0 Å². The minimum absolute atomic E-state index is 0.0686. The molecule has 0 radical (unpaired) electrons. The SMILES string of the molecule is Cc1nn(C)c(C)c1NC(=O)[C@@H](C)Sc1nc(-c2cccs2)c(-c2cccs2)[nH]1. The maximum Gasteiger partial charge on any atom is 0.237 e. The lowest BCUT2D eigenvalue weighted by Gasteiger charge is -2.11. The van der Waals surface area contributed by atoms with E-state index in [-0.39, 0.29) is 11.2 Å². The Morgan fingerprint density at radius 2 is 1.90 bits per heavy atom. The summed E-state index contributed by atoms with van der Waals surface area (Å²) >= 11 is 4.75. The predicted molar refractivity (Wildman–Crippen MR) is 122 cm³/mol. The molecule has 9 heteroatoms. The first-order valence-electron chi connectivity index (χ1n) is 9.09. The Labute approximate surface area is 181 Å². The molecule has 29 heavy (non-hydrogen) atoms. The lowest BCUT2D eigenvalue weighted by Crippen LogP contribution is -2.23. The van der Waals surface area contributed by atoms with E-state index >= 15 is 0 Å². The van der Waals surface area contributed by atoms with Crippen molar-refractivity contribution in [1.29, 1.82) is 0 Å². The van der Waals surface area contributed by atoms with E-state index in [1.807, 2.05) is 45.3 Å². The van der Waals surface area contributed by atoms with Crippen molar-refractivity contribution in [2.24, 2.45) is 7.05 Å². The largest absolute Gasteiger partial charge is 0.332 e. The van der Waals surface area contributed by atoms with Crippen LogP contribution in [0.2, 0.25) is 0 Å². The Bertz CT molecular complexity index is 1070. The molecule has 0 aliphatic carbocycles. The first-order chi connectivity index (χ1) is 13.9. The molecule has 0 fully saturated rings. The van der Waals surface area contributed by atoms with E-state index in [2.05, 4.69) is 32.9 Å². The standard InChI is InChI=1S/C20H21N5OS3/c1-11-16(12(2)25(4)24-11)21-19(26)13(3)29-20-22-17(14-7-5-9-27-14)18(23-20)15-8-6-10-28-15/h5-10,13H,1-4H3,(H,21,26)(H,22,23)/t13-/m1/s1. The van der Waals surface area contributed by atoms with E-state index in [9.17, 15) is 4.79 Å². The molecule has 4 heterocycles. The quantitative estimate of drug-likeness (QED) is 0.395. The maximum atomic E-state index is 12.8. The van der Waals surface area contributed by atoms with Gasteiger partial charge in [0, 0.05) is 7.05 Å². The van der Waals surface area contributed by atoms with Crippen LogP contribution >= 0.6 is 34.4 Å². The smallest absolute Gasteiger partial charge is 0.237 e. The van der Waals surface area contributed by atoms with Crippen molar-refractivity contribution >= 4 is 46.0 Å². The number of nitrogens with zero attached hydrogens (tertiary/aromatic N) is 3. The third kappa shape index (κ3) is 4.03. The Morgan fingerprint density at radius 3 is 2.48 bits per heavy atom. The van der Waals surface area contributed by atoms with Crippen LogP contribution in [0.5, 0.6) is 0 Å². The number of hydrogen-bond acceptors (Lipinski definition) is 6. The maximum absolute atomic E-state index is 12.8. The first kappa shape index (κ1) is 19.9. The normalized spacial score (nSPS) is 12.3. The third-order valence-corrected chi connectivity index (χ3v) is 7.37.